The average molecular weight is 377 g/mol. The highest BCUT2D eigenvalue weighted by Crippen LogP contribution is 2.30. The molecule has 3 aromatic rings. The Balaban J connectivity index is 2.04. The van der Waals surface area contributed by atoms with Gasteiger partial charge in [-0.15, -0.1) is 0 Å². The summed E-state index contributed by atoms with van der Waals surface area (Å²) in [4.78, 5) is 0.179. The molecule has 0 aliphatic carbocycles. The average Bonchev–Trinajstić information content (AvgIpc) is 2.87. The van der Waals surface area contributed by atoms with Gasteiger partial charge in [-0.25, -0.2) is 8.42 Å². The molecule has 0 unspecified atom stereocenters. The molecule has 0 saturated heterocycles. The second-order valence-electron chi connectivity index (χ2n) is 5.82. The van der Waals surface area contributed by atoms with E-state index in [-0.39, 0.29) is 4.90 Å². The highest BCUT2D eigenvalue weighted by atomic mass is 35.5. The topological polar surface area (TPSA) is 72.2 Å². The molecule has 0 atom stereocenters. The third kappa shape index (κ3) is 3.55. The molecular weight excluding hydrogens is 360 g/mol. The lowest BCUT2D eigenvalue weighted by Gasteiger charge is -2.12. The standard InChI is InChI=1S/C18H17ClN2O3S/c1-11-7-8-14(18-12(2)13(3)20-24-18)9-17(11)25(22,23)21-16-6-4-5-15(19)10-16/h4-10,21H,1-3H3. The largest absolute Gasteiger partial charge is 0.356 e. The Labute approximate surface area is 151 Å². The zero-order chi connectivity index (χ0) is 18.2. The van der Waals surface area contributed by atoms with E-state index in [0.717, 1.165) is 11.3 Å². The van der Waals surface area contributed by atoms with E-state index in [1.54, 1.807) is 43.3 Å². The molecule has 0 bridgehead atoms. The Morgan fingerprint density at radius 1 is 1.08 bits per heavy atom. The van der Waals surface area contributed by atoms with Crippen molar-refractivity contribution in [3.05, 3.63) is 64.3 Å². The maximum atomic E-state index is 12.8. The molecule has 0 aliphatic heterocycles. The molecule has 130 valence electrons. The SMILES string of the molecule is Cc1ccc(-c2onc(C)c2C)cc1S(=O)(=O)Nc1cccc(Cl)c1. The molecule has 1 N–H and O–H groups in total. The van der Waals surface area contributed by atoms with Gasteiger partial charge < -0.3 is 4.52 Å². The molecule has 0 amide bonds. The van der Waals surface area contributed by atoms with Crippen molar-refractivity contribution in [2.45, 2.75) is 25.7 Å². The number of sulfonamides is 1. The van der Waals surface area contributed by atoms with E-state index in [9.17, 15) is 8.42 Å². The highest BCUT2D eigenvalue weighted by molar-refractivity contribution is 7.92. The minimum atomic E-state index is -3.77. The normalized spacial score (nSPS) is 11.5. The predicted octanol–water partition coefficient (Wildman–Crippen LogP) is 4.72. The Morgan fingerprint density at radius 2 is 1.84 bits per heavy atom. The fraction of sp³-hybridized carbons (Fsp3) is 0.167. The monoisotopic (exact) mass is 376 g/mol. The zero-order valence-electron chi connectivity index (χ0n) is 14.0. The number of halogens is 1. The third-order valence-electron chi connectivity index (χ3n) is 3.97. The second kappa shape index (κ2) is 6.54. The van der Waals surface area contributed by atoms with E-state index in [1.807, 2.05) is 19.9 Å². The van der Waals surface area contributed by atoms with Crippen LogP contribution in [0.2, 0.25) is 5.02 Å². The first kappa shape index (κ1) is 17.5. The molecule has 5 nitrogen and oxygen atoms in total. The summed E-state index contributed by atoms with van der Waals surface area (Å²) < 4.78 is 33.5. The van der Waals surface area contributed by atoms with Gasteiger partial charge in [0.2, 0.25) is 0 Å². The Morgan fingerprint density at radius 3 is 2.48 bits per heavy atom. The van der Waals surface area contributed by atoms with Crippen molar-refractivity contribution >= 4 is 27.3 Å². The lowest BCUT2D eigenvalue weighted by molar-refractivity contribution is 0.427. The van der Waals surface area contributed by atoms with Crippen molar-refractivity contribution in [3.8, 4) is 11.3 Å². The van der Waals surface area contributed by atoms with Gasteiger partial charge in [-0.1, -0.05) is 35.0 Å². The minimum Gasteiger partial charge on any atom is -0.356 e. The van der Waals surface area contributed by atoms with Gasteiger partial charge in [-0.3, -0.25) is 4.72 Å². The van der Waals surface area contributed by atoms with E-state index in [2.05, 4.69) is 9.88 Å². The van der Waals surface area contributed by atoms with E-state index in [0.29, 0.717) is 27.6 Å². The van der Waals surface area contributed by atoms with Gasteiger partial charge in [0.05, 0.1) is 16.3 Å². The molecule has 0 aliphatic rings. The number of rotatable bonds is 4. The van der Waals surface area contributed by atoms with Crippen LogP contribution in [0.3, 0.4) is 0 Å². The van der Waals surface area contributed by atoms with Crippen molar-refractivity contribution in [3.63, 3.8) is 0 Å². The predicted molar refractivity (Wildman–Crippen MR) is 98.4 cm³/mol. The summed E-state index contributed by atoms with van der Waals surface area (Å²) in [6.07, 6.45) is 0. The van der Waals surface area contributed by atoms with Crippen LogP contribution in [0.15, 0.2) is 51.9 Å². The molecule has 1 aromatic heterocycles. The van der Waals surface area contributed by atoms with Gasteiger partial charge in [0, 0.05) is 16.1 Å². The number of aromatic nitrogens is 1. The molecular formula is C18H17ClN2O3S. The van der Waals surface area contributed by atoms with E-state index < -0.39 is 10.0 Å². The molecule has 0 spiro atoms. The van der Waals surface area contributed by atoms with E-state index >= 15 is 0 Å². The summed E-state index contributed by atoms with van der Waals surface area (Å²) in [5.74, 6) is 0.566. The van der Waals surface area contributed by atoms with Crippen LogP contribution in [0.4, 0.5) is 5.69 Å². The zero-order valence-corrected chi connectivity index (χ0v) is 15.6. The Bertz CT molecular complexity index is 1040. The Hall–Kier alpha value is -2.31. The van der Waals surface area contributed by atoms with Crippen LogP contribution < -0.4 is 4.72 Å². The van der Waals surface area contributed by atoms with Crippen molar-refractivity contribution in [2.75, 3.05) is 4.72 Å². The number of hydrogen-bond acceptors (Lipinski definition) is 4. The van der Waals surface area contributed by atoms with Gasteiger partial charge in [-0.05, 0) is 50.6 Å². The summed E-state index contributed by atoms with van der Waals surface area (Å²) in [6, 6.07) is 11.7. The summed E-state index contributed by atoms with van der Waals surface area (Å²) >= 11 is 5.92. The first-order chi connectivity index (χ1) is 11.8. The highest BCUT2D eigenvalue weighted by Gasteiger charge is 2.20. The van der Waals surface area contributed by atoms with Crippen LogP contribution in [0, 0.1) is 20.8 Å². The first-order valence-electron chi connectivity index (χ1n) is 7.60. The number of anilines is 1. The fourth-order valence-corrected chi connectivity index (χ4v) is 3.99. The maximum absolute atomic E-state index is 12.8. The lowest BCUT2D eigenvalue weighted by atomic mass is 10.1. The van der Waals surface area contributed by atoms with Crippen LogP contribution in [0.25, 0.3) is 11.3 Å². The summed E-state index contributed by atoms with van der Waals surface area (Å²) in [5, 5.41) is 4.39. The van der Waals surface area contributed by atoms with Crippen molar-refractivity contribution in [2.24, 2.45) is 0 Å². The molecule has 0 radical (unpaired) electrons. The number of nitrogens with one attached hydrogen (secondary N) is 1. The lowest BCUT2D eigenvalue weighted by Crippen LogP contribution is -2.14. The van der Waals surface area contributed by atoms with Gasteiger partial charge in [0.25, 0.3) is 10.0 Å². The van der Waals surface area contributed by atoms with Gasteiger partial charge in [0.15, 0.2) is 5.76 Å². The van der Waals surface area contributed by atoms with Crippen molar-refractivity contribution in [1.82, 2.24) is 5.16 Å². The van der Waals surface area contributed by atoms with E-state index in [4.69, 9.17) is 16.1 Å². The molecule has 2 aromatic carbocycles. The first-order valence-corrected chi connectivity index (χ1v) is 9.46. The number of aryl methyl sites for hydroxylation is 2. The summed E-state index contributed by atoms with van der Waals surface area (Å²) in [7, 11) is -3.77. The molecule has 0 fully saturated rings. The number of benzene rings is 2. The fourth-order valence-electron chi connectivity index (χ4n) is 2.48. The van der Waals surface area contributed by atoms with Crippen LogP contribution in [0.5, 0.6) is 0 Å². The van der Waals surface area contributed by atoms with Crippen LogP contribution >= 0.6 is 11.6 Å². The number of hydrogen-bond donors (Lipinski definition) is 1. The van der Waals surface area contributed by atoms with Crippen molar-refractivity contribution < 1.29 is 12.9 Å². The second-order valence-corrected chi connectivity index (χ2v) is 7.91. The number of nitrogens with zero attached hydrogens (tertiary/aromatic N) is 1. The van der Waals surface area contributed by atoms with Crippen LogP contribution in [0.1, 0.15) is 16.8 Å². The quantitative estimate of drug-likeness (QED) is 0.715. The molecule has 25 heavy (non-hydrogen) atoms. The van der Waals surface area contributed by atoms with E-state index in [1.165, 1.54) is 0 Å². The van der Waals surface area contributed by atoms with Gasteiger partial charge in [0.1, 0.15) is 0 Å². The molecule has 0 saturated carbocycles. The molecule has 3 rings (SSSR count). The maximum Gasteiger partial charge on any atom is 0.262 e. The van der Waals surface area contributed by atoms with Crippen LogP contribution in [-0.4, -0.2) is 13.6 Å². The molecule has 1 heterocycles. The van der Waals surface area contributed by atoms with Crippen LogP contribution in [-0.2, 0) is 10.0 Å². The summed E-state index contributed by atoms with van der Waals surface area (Å²) in [5.41, 5.74) is 3.36. The van der Waals surface area contributed by atoms with Gasteiger partial charge >= 0.3 is 0 Å². The smallest absolute Gasteiger partial charge is 0.262 e. The summed E-state index contributed by atoms with van der Waals surface area (Å²) in [6.45, 7) is 5.48. The third-order valence-corrected chi connectivity index (χ3v) is 5.73. The molecule has 7 heteroatoms. The Kier molecular flexibility index (Phi) is 4.58. The van der Waals surface area contributed by atoms with Gasteiger partial charge in [-0.2, -0.15) is 0 Å². The minimum absolute atomic E-state index is 0.179. The van der Waals surface area contributed by atoms with Crippen molar-refractivity contribution in [1.29, 1.82) is 0 Å².